The fourth-order valence-corrected chi connectivity index (χ4v) is 2.52. The molecule has 1 aliphatic rings. The van der Waals surface area contributed by atoms with E-state index in [9.17, 15) is 4.79 Å². The van der Waals surface area contributed by atoms with Gasteiger partial charge in [-0.3, -0.25) is 0 Å². The molecule has 0 aromatic carbocycles. The Kier molecular flexibility index (Phi) is 3.61. The van der Waals surface area contributed by atoms with Crippen LogP contribution in [0.5, 0.6) is 0 Å². The lowest BCUT2D eigenvalue weighted by atomic mass is 9.96. The van der Waals surface area contributed by atoms with Crippen LogP contribution in [0.15, 0.2) is 16.8 Å². The first-order valence-corrected chi connectivity index (χ1v) is 6.38. The molecule has 0 aliphatic heterocycles. The molecule has 4 heteroatoms. The summed E-state index contributed by atoms with van der Waals surface area (Å²) < 4.78 is 0. The van der Waals surface area contributed by atoms with E-state index in [1.165, 1.54) is 19.3 Å². The Bertz CT molecular complexity index is 304. The van der Waals surface area contributed by atoms with Crippen molar-refractivity contribution in [2.24, 2.45) is 0 Å². The van der Waals surface area contributed by atoms with Gasteiger partial charge < -0.3 is 10.6 Å². The molecule has 1 aromatic rings. The Morgan fingerprint density at radius 3 is 2.80 bits per heavy atom. The number of hydrogen-bond donors (Lipinski definition) is 2. The predicted molar refractivity (Wildman–Crippen MR) is 63.3 cm³/mol. The van der Waals surface area contributed by atoms with Gasteiger partial charge in [-0.15, -0.1) is 0 Å². The molecule has 82 valence electrons. The zero-order chi connectivity index (χ0) is 10.5. The van der Waals surface area contributed by atoms with E-state index in [4.69, 9.17) is 0 Å². The summed E-state index contributed by atoms with van der Waals surface area (Å²) in [6.07, 6.45) is 6.03. The molecule has 15 heavy (non-hydrogen) atoms. The zero-order valence-corrected chi connectivity index (χ0v) is 9.48. The third-order valence-electron chi connectivity index (χ3n) is 2.72. The van der Waals surface area contributed by atoms with E-state index in [0.717, 1.165) is 18.5 Å². The van der Waals surface area contributed by atoms with Crippen LogP contribution < -0.4 is 10.6 Å². The number of thiophene rings is 1. The van der Waals surface area contributed by atoms with Crippen molar-refractivity contribution < 1.29 is 4.79 Å². The molecule has 2 N–H and O–H groups in total. The van der Waals surface area contributed by atoms with Crippen molar-refractivity contribution >= 4 is 23.1 Å². The van der Waals surface area contributed by atoms with Crippen molar-refractivity contribution in [1.82, 2.24) is 5.32 Å². The summed E-state index contributed by atoms with van der Waals surface area (Å²) >= 11 is 1.59. The number of carbonyl (C=O) groups excluding carboxylic acids is 1. The first kappa shape index (κ1) is 10.5. The minimum Gasteiger partial charge on any atom is -0.335 e. The second-order valence-electron chi connectivity index (χ2n) is 3.95. The Balaban J connectivity index is 1.76. The van der Waals surface area contributed by atoms with E-state index in [-0.39, 0.29) is 6.03 Å². The summed E-state index contributed by atoms with van der Waals surface area (Å²) in [5.41, 5.74) is 0.883. The number of carbonyl (C=O) groups is 1. The van der Waals surface area contributed by atoms with Crippen molar-refractivity contribution in [3.8, 4) is 0 Å². The van der Waals surface area contributed by atoms with Gasteiger partial charge in [-0.25, -0.2) is 4.79 Å². The quantitative estimate of drug-likeness (QED) is 0.795. The fourth-order valence-electron chi connectivity index (χ4n) is 1.94. The van der Waals surface area contributed by atoms with Gasteiger partial charge in [-0.05, 0) is 24.3 Å². The first-order valence-electron chi connectivity index (χ1n) is 5.44. The third kappa shape index (κ3) is 3.23. The smallest absolute Gasteiger partial charge is 0.319 e. The molecule has 1 saturated carbocycles. The molecule has 1 heterocycles. The number of amides is 2. The van der Waals surface area contributed by atoms with Crippen molar-refractivity contribution in [3.63, 3.8) is 0 Å². The minimum absolute atomic E-state index is 0.0692. The summed E-state index contributed by atoms with van der Waals surface area (Å²) in [6.45, 7) is 0. The van der Waals surface area contributed by atoms with Crippen molar-refractivity contribution in [1.29, 1.82) is 0 Å². The number of nitrogens with one attached hydrogen (secondary N) is 2. The second-order valence-corrected chi connectivity index (χ2v) is 4.73. The van der Waals surface area contributed by atoms with E-state index in [1.807, 2.05) is 16.8 Å². The normalized spacial score (nSPS) is 17.3. The monoisotopic (exact) mass is 224 g/mol. The van der Waals surface area contributed by atoms with Gasteiger partial charge >= 0.3 is 6.03 Å². The van der Waals surface area contributed by atoms with Crippen molar-refractivity contribution in [2.75, 3.05) is 5.32 Å². The molecule has 0 atom stereocenters. The van der Waals surface area contributed by atoms with Crippen LogP contribution in [0.1, 0.15) is 32.1 Å². The molecule has 2 amide bonds. The zero-order valence-electron chi connectivity index (χ0n) is 8.66. The van der Waals surface area contributed by atoms with Crippen LogP contribution in [0.25, 0.3) is 0 Å². The van der Waals surface area contributed by atoms with Gasteiger partial charge in [0, 0.05) is 11.4 Å². The molecule has 0 unspecified atom stereocenters. The van der Waals surface area contributed by atoms with Crippen LogP contribution in [0, 0.1) is 0 Å². The number of anilines is 1. The highest BCUT2D eigenvalue weighted by Gasteiger charge is 2.15. The molecule has 0 bridgehead atoms. The van der Waals surface area contributed by atoms with Crippen LogP contribution in [-0.4, -0.2) is 12.1 Å². The summed E-state index contributed by atoms with van der Waals surface area (Å²) in [5, 5.41) is 9.73. The molecular formula is C11H16N2OS. The molecule has 0 radical (unpaired) electrons. The fraction of sp³-hybridized carbons (Fsp3) is 0.545. The van der Waals surface area contributed by atoms with Crippen molar-refractivity contribution in [3.05, 3.63) is 16.8 Å². The van der Waals surface area contributed by atoms with E-state index in [1.54, 1.807) is 11.3 Å². The highest BCUT2D eigenvalue weighted by atomic mass is 32.1. The van der Waals surface area contributed by atoms with Crippen LogP contribution in [0.4, 0.5) is 10.5 Å². The minimum atomic E-state index is -0.0692. The Hall–Kier alpha value is -1.03. The maximum absolute atomic E-state index is 11.6. The Morgan fingerprint density at radius 1 is 1.33 bits per heavy atom. The maximum Gasteiger partial charge on any atom is 0.319 e. The van der Waals surface area contributed by atoms with E-state index < -0.39 is 0 Å². The number of rotatable bonds is 2. The molecule has 1 aromatic heterocycles. The molecular weight excluding hydrogens is 208 g/mol. The highest BCUT2D eigenvalue weighted by Crippen LogP contribution is 2.17. The van der Waals surface area contributed by atoms with Gasteiger partial charge in [0.25, 0.3) is 0 Å². The first-order chi connectivity index (χ1) is 7.34. The third-order valence-corrected chi connectivity index (χ3v) is 3.40. The standard InChI is InChI=1S/C11H16N2OS/c14-11(13-10-6-7-15-8-10)12-9-4-2-1-3-5-9/h6-9H,1-5H2,(H2,12,13,14). The molecule has 0 spiro atoms. The van der Waals surface area contributed by atoms with Crippen molar-refractivity contribution in [2.45, 2.75) is 38.1 Å². The van der Waals surface area contributed by atoms with Gasteiger partial charge in [0.1, 0.15) is 0 Å². The second kappa shape index (κ2) is 5.16. The van der Waals surface area contributed by atoms with Crippen LogP contribution in [0.3, 0.4) is 0 Å². The number of hydrogen-bond acceptors (Lipinski definition) is 2. The summed E-state index contributed by atoms with van der Waals surface area (Å²) in [4.78, 5) is 11.6. The van der Waals surface area contributed by atoms with E-state index in [0.29, 0.717) is 6.04 Å². The lowest BCUT2D eigenvalue weighted by Gasteiger charge is -2.22. The highest BCUT2D eigenvalue weighted by molar-refractivity contribution is 7.08. The van der Waals surface area contributed by atoms with Gasteiger partial charge in [0.15, 0.2) is 0 Å². The molecule has 1 aliphatic carbocycles. The van der Waals surface area contributed by atoms with E-state index >= 15 is 0 Å². The van der Waals surface area contributed by atoms with Gasteiger partial charge in [0.2, 0.25) is 0 Å². The summed E-state index contributed by atoms with van der Waals surface area (Å²) in [5.74, 6) is 0. The van der Waals surface area contributed by atoms with E-state index in [2.05, 4.69) is 10.6 Å². The van der Waals surface area contributed by atoms with Crippen LogP contribution in [-0.2, 0) is 0 Å². The summed E-state index contributed by atoms with van der Waals surface area (Å²) in [7, 11) is 0. The average molecular weight is 224 g/mol. The largest absolute Gasteiger partial charge is 0.335 e. The lowest BCUT2D eigenvalue weighted by Crippen LogP contribution is -2.38. The molecule has 1 fully saturated rings. The lowest BCUT2D eigenvalue weighted by molar-refractivity contribution is 0.244. The predicted octanol–water partition coefficient (Wildman–Crippen LogP) is 3.20. The Labute approximate surface area is 93.9 Å². The van der Waals surface area contributed by atoms with Gasteiger partial charge in [-0.1, -0.05) is 19.3 Å². The molecule has 2 rings (SSSR count). The topological polar surface area (TPSA) is 41.1 Å². The molecule has 0 saturated heterocycles. The van der Waals surface area contributed by atoms with Crippen LogP contribution >= 0.6 is 11.3 Å². The van der Waals surface area contributed by atoms with Gasteiger partial charge in [-0.2, -0.15) is 11.3 Å². The SMILES string of the molecule is O=C(Nc1ccsc1)NC1CCCCC1. The maximum atomic E-state index is 11.6. The average Bonchev–Trinajstić information content (AvgIpc) is 2.71. The molecule has 3 nitrogen and oxygen atoms in total. The van der Waals surface area contributed by atoms with Crippen LogP contribution in [0.2, 0.25) is 0 Å². The number of urea groups is 1. The summed E-state index contributed by atoms with van der Waals surface area (Å²) in [6, 6.07) is 2.21. The van der Waals surface area contributed by atoms with Gasteiger partial charge in [0.05, 0.1) is 5.69 Å². The Morgan fingerprint density at radius 2 is 2.13 bits per heavy atom.